The van der Waals surface area contributed by atoms with Gasteiger partial charge in [-0.2, -0.15) is 0 Å². The molecule has 0 amide bonds. The van der Waals surface area contributed by atoms with E-state index in [1.54, 1.807) is 24.3 Å². The van der Waals surface area contributed by atoms with E-state index in [-0.39, 0.29) is 27.9 Å². The standard InChI is InChI=1S/C17H16Cl3NO4S/c1-25-16-7-6-12(18)8-11(16)9-13(22)10-21(26(2,23)24)15-5-3-4-14(19)17(15)20/h3-8H,9-10H2,1-2H3. The molecule has 5 nitrogen and oxygen atoms in total. The first-order chi connectivity index (χ1) is 12.1. The molecule has 0 saturated carbocycles. The predicted molar refractivity (Wildman–Crippen MR) is 105 cm³/mol. The molecule has 0 unspecified atom stereocenters. The Bertz CT molecular complexity index is 932. The van der Waals surface area contributed by atoms with Crippen LogP contribution in [0.2, 0.25) is 15.1 Å². The zero-order chi connectivity index (χ0) is 19.5. The number of Topliss-reactive ketones (excluding diaryl/α,β-unsaturated/α-hetero) is 1. The molecule has 0 atom stereocenters. The second kappa shape index (κ2) is 8.48. The molecule has 0 fully saturated rings. The maximum absolute atomic E-state index is 12.5. The average Bonchev–Trinajstić information content (AvgIpc) is 2.55. The van der Waals surface area contributed by atoms with E-state index in [1.165, 1.54) is 19.2 Å². The van der Waals surface area contributed by atoms with Gasteiger partial charge in [0.15, 0.2) is 5.78 Å². The molecule has 0 spiro atoms. The molecular weight excluding hydrogens is 421 g/mol. The van der Waals surface area contributed by atoms with Crippen LogP contribution in [0.25, 0.3) is 0 Å². The lowest BCUT2D eigenvalue weighted by molar-refractivity contribution is -0.117. The fourth-order valence-electron chi connectivity index (χ4n) is 2.38. The maximum Gasteiger partial charge on any atom is 0.232 e. The van der Waals surface area contributed by atoms with E-state index < -0.39 is 16.6 Å². The number of halogens is 3. The fraction of sp³-hybridized carbons (Fsp3) is 0.235. The molecule has 0 N–H and O–H groups in total. The number of hydrogen-bond donors (Lipinski definition) is 0. The van der Waals surface area contributed by atoms with Crippen LogP contribution in [-0.2, 0) is 21.2 Å². The van der Waals surface area contributed by atoms with Gasteiger partial charge < -0.3 is 4.74 Å². The first-order valence-electron chi connectivity index (χ1n) is 7.39. The molecule has 2 aromatic carbocycles. The van der Waals surface area contributed by atoms with Crippen LogP contribution in [0.5, 0.6) is 5.75 Å². The third kappa shape index (κ3) is 5.04. The van der Waals surface area contributed by atoms with E-state index >= 15 is 0 Å². The predicted octanol–water partition coefficient (Wildman–Crippen LogP) is 4.23. The summed E-state index contributed by atoms with van der Waals surface area (Å²) in [7, 11) is -2.28. The van der Waals surface area contributed by atoms with Gasteiger partial charge in [0.1, 0.15) is 5.75 Å². The van der Waals surface area contributed by atoms with Crippen LogP contribution in [0.4, 0.5) is 5.69 Å². The number of ether oxygens (including phenoxy) is 1. The van der Waals surface area contributed by atoms with Crippen molar-refractivity contribution in [3.05, 3.63) is 57.0 Å². The first-order valence-corrected chi connectivity index (χ1v) is 10.4. The van der Waals surface area contributed by atoms with Crippen molar-refractivity contribution in [3.63, 3.8) is 0 Å². The lowest BCUT2D eigenvalue weighted by atomic mass is 10.1. The van der Waals surface area contributed by atoms with Crippen molar-refractivity contribution in [2.24, 2.45) is 0 Å². The van der Waals surface area contributed by atoms with Gasteiger partial charge in [-0.15, -0.1) is 0 Å². The van der Waals surface area contributed by atoms with E-state index in [9.17, 15) is 13.2 Å². The van der Waals surface area contributed by atoms with E-state index in [1.807, 2.05) is 0 Å². The minimum absolute atomic E-state index is 0.0477. The molecule has 0 aliphatic heterocycles. The zero-order valence-corrected chi connectivity index (χ0v) is 17.1. The third-order valence-electron chi connectivity index (χ3n) is 3.55. The number of carbonyl (C=O) groups is 1. The van der Waals surface area contributed by atoms with Crippen LogP contribution in [0.15, 0.2) is 36.4 Å². The summed E-state index contributed by atoms with van der Waals surface area (Å²) in [5, 5.41) is 0.709. The second-order valence-electron chi connectivity index (χ2n) is 5.51. The summed E-state index contributed by atoms with van der Waals surface area (Å²) in [4.78, 5) is 12.5. The number of sulfonamides is 1. The molecule has 2 rings (SSSR count). The number of ketones is 1. The summed E-state index contributed by atoms with van der Waals surface area (Å²) in [5.41, 5.74) is 0.712. The number of methoxy groups -OCH3 is 1. The number of benzene rings is 2. The molecule has 0 aromatic heterocycles. The topological polar surface area (TPSA) is 63.7 Å². The summed E-state index contributed by atoms with van der Waals surface area (Å²) in [5.74, 6) is 0.140. The Morgan fingerprint density at radius 2 is 1.85 bits per heavy atom. The van der Waals surface area contributed by atoms with Crippen LogP contribution in [0.1, 0.15) is 5.56 Å². The highest BCUT2D eigenvalue weighted by Crippen LogP contribution is 2.33. The van der Waals surface area contributed by atoms with Gasteiger partial charge in [-0.05, 0) is 30.3 Å². The van der Waals surface area contributed by atoms with Crippen LogP contribution in [0, 0.1) is 0 Å². The molecule has 0 saturated heterocycles. The molecule has 140 valence electrons. The quantitative estimate of drug-likeness (QED) is 0.651. The number of carbonyl (C=O) groups excluding carboxylic acids is 1. The van der Waals surface area contributed by atoms with Crippen molar-refractivity contribution in [2.75, 3.05) is 24.2 Å². The molecule has 0 heterocycles. The molecule has 9 heteroatoms. The lowest BCUT2D eigenvalue weighted by Gasteiger charge is -2.23. The molecule has 26 heavy (non-hydrogen) atoms. The van der Waals surface area contributed by atoms with E-state index in [0.717, 1.165) is 10.6 Å². The molecule has 0 radical (unpaired) electrons. The highest BCUT2D eigenvalue weighted by molar-refractivity contribution is 7.92. The second-order valence-corrected chi connectivity index (χ2v) is 8.64. The Morgan fingerprint density at radius 3 is 2.46 bits per heavy atom. The minimum Gasteiger partial charge on any atom is -0.496 e. The lowest BCUT2D eigenvalue weighted by Crippen LogP contribution is -2.35. The highest BCUT2D eigenvalue weighted by Gasteiger charge is 2.24. The Labute approximate surface area is 167 Å². The Kier molecular flexibility index (Phi) is 6.80. The average molecular weight is 437 g/mol. The van der Waals surface area contributed by atoms with E-state index in [2.05, 4.69) is 0 Å². The molecule has 0 bridgehead atoms. The van der Waals surface area contributed by atoms with Crippen LogP contribution < -0.4 is 9.04 Å². The molecule has 0 aliphatic carbocycles. The zero-order valence-electron chi connectivity index (χ0n) is 14.0. The first kappa shape index (κ1) is 20.8. The summed E-state index contributed by atoms with van der Waals surface area (Å²) in [6.45, 7) is -0.394. The third-order valence-corrected chi connectivity index (χ3v) is 5.72. The number of rotatable bonds is 7. The largest absolute Gasteiger partial charge is 0.496 e. The van der Waals surface area contributed by atoms with Gasteiger partial charge in [0.2, 0.25) is 10.0 Å². The van der Waals surface area contributed by atoms with E-state index in [4.69, 9.17) is 39.5 Å². The minimum atomic E-state index is -3.76. The summed E-state index contributed by atoms with van der Waals surface area (Å²) >= 11 is 18.0. The van der Waals surface area contributed by atoms with Gasteiger partial charge in [0.25, 0.3) is 0 Å². The van der Waals surface area contributed by atoms with Gasteiger partial charge in [-0.25, -0.2) is 8.42 Å². The summed E-state index contributed by atoms with van der Waals surface area (Å²) < 4.78 is 30.5. The normalized spacial score (nSPS) is 11.3. The van der Waals surface area contributed by atoms with E-state index in [0.29, 0.717) is 16.3 Å². The smallest absolute Gasteiger partial charge is 0.232 e. The Morgan fingerprint density at radius 1 is 1.15 bits per heavy atom. The highest BCUT2D eigenvalue weighted by atomic mass is 35.5. The number of hydrogen-bond acceptors (Lipinski definition) is 4. The maximum atomic E-state index is 12.5. The SMILES string of the molecule is COc1ccc(Cl)cc1CC(=O)CN(c1cccc(Cl)c1Cl)S(C)(=O)=O. The Hall–Kier alpha value is -1.47. The molecule has 0 aliphatic rings. The van der Waals surface area contributed by atoms with Crippen molar-refractivity contribution in [3.8, 4) is 5.75 Å². The Balaban J connectivity index is 2.31. The number of anilines is 1. The van der Waals surface area contributed by atoms with Crippen molar-refractivity contribution in [1.82, 2.24) is 0 Å². The van der Waals surface area contributed by atoms with Crippen molar-refractivity contribution < 1.29 is 17.9 Å². The molecule has 2 aromatic rings. The molecular formula is C17H16Cl3NO4S. The monoisotopic (exact) mass is 435 g/mol. The number of nitrogens with zero attached hydrogens (tertiary/aromatic N) is 1. The van der Waals surface area contributed by atoms with Crippen LogP contribution in [0.3, 0.4) is 0 Å². The summed E-state index contributed by atoms with van der Waals surface area (Å²) in [6, 6.07) is 9.48. The van der Waals surface area contributed by atoms with Gasteiger partial charge in [0, 0.05) is 17.0 Å². The van der Waals surface area contributed by atoms with Crippen LogP contribution >= 0.6 is 34.8 Å². The van der Waals surface area contributed by atoms with Gasteiger partial charge in [0.05, 0.1) is 35.6 Å². The van der Waals surface area contributed by atoms with Crippen molar-refractivity contribution in [1.29, 1.82) is 0 Å². The van der Waals surface area contributed by atoms with Gasteiger partial charge >= 0.3 is 0 Å². The summed E-state index contributed by atoms with van der Waals surface area (Å²) in [6.07, 6.45) is 0.950. The van der Waals surface area contributed by atoms with Gasteiger partial charge in [-0.1, -0.05) is 40.9 Å². The van der Waals surface area contributed by atoms with Crippen molar-refractivity contribution in [2.45, 2.75) is 6.42 Å². The van der Waals surface area contributed by atoms with Crippen molar-refractivity contribution >= 4 is 56.3 Å². The van der Waals surface area contributed by atoms with Crippen LogP contribution in [-0.4, -0.2) is 34.1 Å². The fourth-order valence-corrected chi connectivity index (χ4v) is 3.91. The van der Waals surface area contributed by atoms with Gasteiger partial charge in [-0.3, -0.25) is 9.10 Å².